The Bertz CT molecular complexity index is 1210. The number of halogens is 2. The van der Waals surface area contributed by atoms with Crippen LogP contribution in [0, 0.1) is 11.6 Å². The third kappa shape index (κ3) is 3.22. The van der Waals surface area contributed by atoms with E-state index in [-0.39, 0.29) is 11.4 Å². The van der Waals surface area contributed by atoms with Gasteiger partial charge in [-0.1, -0.05) is 44.2 Å². The highest BCUT2D eigenvalue weighted by atomic mass is 19.2. The molecule has 0 aliphatic heterocycles. The summed E-state index contributed by atoms with van der Waals surface area (Å²) in [5.74, 6) is -1.05. The van der Waals surface area contributed by atoms with Crippen molar-refractivity contribution in [3.63, 3.8) is 0 Å². The second kappa shape index (κ2) is 7.03. The largest absolute Gasteiger partial charge is 0.326 e. The summed E-state index contributed by atoms with van der Waals surface area (Å²) in [6.45, 7) is 4.43. The maximum absolute atomic E-state index is 14.2. The predicted molar refractivity (Wildman–Crippen MR) is 105 cm³/mol. The number of hydrogen-bond acceptors (Lipinski definition) is 2. The summed E-state index contributed by atoms with van der Waals surface area (Å²) in [5, 5.41) is 0.470. The number of fused-ring (bicyclic) bond motifs is 1. The Morgan fingerprint density at radius 3 is 2.57 bits per heavy atom. The number of nitrogens with zero attached hydrogens (tertiary/aromatic N) is 2. The Labute approximate surface area is 160 Å². The fourth-order valence-corrected chi connectivity index (χ4v) is 3.30. The van der Waals surface area contributed by atoms with Gasteiger partial charge in [-0.15, -0.1) is 0 Å². The van der Waals surface area contributed by atoms with Crippen LogP contribution in [0.4, 0.5) is 8.78 Å². The molecule has 0 atom stereocenters. The molecule has 0 amide bonds. The van der Waals surface area contributed by atoms with E-state index in [9.17, 15) is 13.6 Å². The lowest BCUT2D eigenvalue weighted by Gasteiger charge is -2.11. The van der Waals surface area contributed by atoms with Gasteiger partial charge in [0.1, 0.15) is 5.82 Å². The van der Waals surface area contributed by atoms with Crippen LogP contribution in [0.25, 0.3) is 22.3 Å². The monoisotopic (exact) mass is 379 g/mol. The molecule has 2 heterocycles. The van der Waals surface area contributed by atoms with Gasteiger partial charge in [0.25, 0.3) is 0 Å². The van der Waals surface area contributed by atoms with E-state index in [1.807, 2.05) is 41.1 Å². The number of aromatic nitrogens is 3. The highest BCUT2D eigenvalue weighted by Crippen LogP contribution is 2.26. The van der Waals surface area contributed by atoms with E-state index in [1.54, 1.807) is 0 Å². The molecule has 6 heteroatoms. The molecule has 2 aromatic carbocycles. The number of rotatable bonds is 4. The van der Waals surface area contributed by atoms with Crippen LogP contribution in [0.3, 0.4) is 0 Å². The number of H-pyrrole nitrogens is 1. The van der Waals surface area contributed by atoms with E-state index in [0.29, 0.717) is 17.5 Å². The molecule has 4 aromatic rings. The topological polar surface area (TPSA) is 50.7 Å². The standard InChI is InChI=1S/C22H19F2N3O/c1-13(2)18-12-27(22(25-18)14-6-4-3-5-7-14)11-15-10-19(28)26-21-16(15)8-9-17(23)20(21)24/h3-10,12-13H,11H2,1-2H3,(H,26,28). The zero-order valence-electron chi connectivity index (χ0n) is 15.5. The maximum atomic E-state index is 14.2. The van der Waals surface area contributed by atoms with Crippen molar-refractivity contribution < 1.29 is 8.78 Å². The number of nitrogens with one attached hydrogen (secondary N) is 1. The summed E-state index contributed by atoms with van der Waals surface area (Å²) < 4.78 is 29.7. The van der Waals surface area contributed by atoms with Crippen LogP contribution < -0.4 is 5.56 Å². The maximum Gasteiger partial charge on any atom is 0.248 e. The lowest BCUT2D eigenvalue weighted by molar-refractivity contribution is 0.515. The van der Waals surface area contributed by atoms with Crippen LogP contribution in [-0.4, -0.2) is 14.5 Å². The quantitative estimate of drug-likeness (QED) is 0.552. The minimum absolute atomic E-state index is 0.118. The van der Waals surface area contributed by atoms with Crippen molar-refractivity contribution in [3.8, 4) is 11.4 Å². The Kier molecular flexibility index (Phi) is 4.55. The number of benzene rings is 2. The zero-order valence-corrected chi connectivity index (χ0v) is 15.5. The SMILES string of the molecule is CC(C)c1cn(Cc2cc(=O)[nH]c3c(F)c(F)ccc23)c(-c2ccccc2)n1. The van der Waals surface area contributed by atoms with Crippen LogP contribution in [0.1, 0.15) is 31.0 Å². The molecule has 0 unspecified atom stereocenters. The number of hydrogen-bond donors (Lipinski definition) is 1. The van der Waals surface area contributed by atoms with Crippen molar-refractivity contribution in [1.82, 2.24) is 14.5 Å². The van der Waals surface area contributed by atoms with Crippen molar-refractivity contribution in [2.45, 2.75) is 26.3 Å². The normalized spacial score (nSPS) is 11.5. The van der Waals surface area contributed by atoms with Crippen LogP contribution in [-0.2, 0) is 6.54 Å². The fourth-order valence-electron chi connectivity index (χ4n) is 3.30. The number of imidazole rings is 1. The van der Waals surface area contributed by atoms with Gasteiger partial charge in [0.05, 0.1) is 11.2 Å². The van der Waals surface area contributed by atoms with E-state index >= 15 is 0 Å². The first-order valence-electron chi connectivity index (χ1n) is 9.06. The molecule has 0 bridgehead atoms. The van der Waals surface area contributed by atoms with E-state index in [0.717, 1.165) is 23.1 Å². The Balaban J connectivity index is 1.88. The van der Waals surface area contributed by atoms with E-state index in [4.69, 9.17) is 4.98 Å². The summed E-state index contributed by atoms with van der Waals surface area (Å²) >= 11 is 0. The van der Waals surface area contributed by atoms with Gasteiger partial charge in [0.2, 0.25) is 5.56 Å². The van der Waals surface area contributed by atoms with Gasteiger partial charge < -0.3 is 9.55 Å². The van der Waals surface area contributed by atoms with Crippen molar-refractivity contribution in [2.24, 2.45) is 0 Å². The molecule has 0 aliphatic rings. The highest BCUT2D eigenvalue weighted by Gasteiger charge is 2.16. The summed E-state index contributed by atoms with van der Waals surface area (Å²) in [6, 6.07) is 13.7. The lowest BCUT2D eigenvalue weighted by atomic mass is 10.1. The molecule has 1 N–H and O–H groups in total. The molecule has 2 aromatic heterocycles. The number of aromatic amines is 1. The van der Waals surface area contributed by atoms with Crippen molar-refractivity contribution in [2.75, 3.05) is 0 Å². The van der Waals surface area contributed by atoms with Crippen LogP contribution in [0.5, 0.6) is 0 Å². The summed E-state index contributed by atoms with van der Waals surface area (Å²) in [7, 11) is 0. The van der Waals surface area contributed by atoms with Crippen LogP contribution in [0.2, 0.25) is 0 Å². The molecule has 0 aliphatic carbocycles. The minimum atomic E-state index is -1.05. The number of pyridine rings is 1. The van der Waals surface area contributed by atoms with Gasteiger partial charge in [-0.2, -0.15) is 0 Å². The molecular weight excluding hydrogens is 360 g/mol. The van der Waals surface area contributed by atoms with Gasteiger partial charge in [0, 0.05) is 29.8 Å². The first-order chi connectivity index (χ1) is 13.4. The molecule has 28 heavy (non-hydrogen) atoms. The molecule has 4 nitrogen and oxygen atoms in total. The Morgan fingerprint density at radius 2 is 1.86 bits per heavy atom. The molecule has 0 fully saturated rings. The molecular formula is C22H19F2N3O. The van der Waals surface area contributed by atoms with Gasteiger partial charge in [-0.05, 0) is 23.6 Å². The first-order valence-corrected chi connectivity index (χ1v) is 9.06. The highest BCUT2D eigenvalue weighted by molar-refractivity contribution is 5.82. The third-order valence-corrected chi connectivity index (χ3v) is 4.75. The molecule has 142 valence electrons. The van der Waals surface area contributed by atoms with E-state index in [1.165, 1.54) is 12.1 Å². The van der Waals surface area contributed by atoms with Crippen LogP contribution >= 0.6 is 0 Å². The molecule has 0 saturated heterocycles. The minimum Gasteiger partial charge on any atom is -0.326 e. The molecule has 0 saturated carbocycles. The van der Waals surface area contributed by atoms with Gasteiger partial charge in [-0.3, -0.25) is 4.79 Å². The average Bonchev–Trinajstić information content (AvgIpc) is 3.10. The third-order valence-electron chi connectivity index (χ3n) is 4.75. The van der Waals surface area contributed by atoms with Gasteiger partial charge in [-0.25, -0.2) is 13.8 Å². The Morgan fingerprint density at radius 1 is 1.11 bits per heavy atom. The van der Waals surface area contributed by atoms with Crippen LogP contribution in [0.15, 0.2) is 59.5 Å². The van der Waals surface area contributed by atoms with Crippen molar-refractivity contribution in [3.05, 3.63) is 88.0 Å². The predicted octanol–water partition coefficient (Wildman–Crippen LogP) is 4.84. The second-order valence-electron chi connectivity index (χ2n) is 7.08. The lowest BCUT2D eigenvalue weighted by Crippen LogP contribution is -2.11. The Hall–Kier alpha value is -3.28. The van der Waals surface area contributed by atoms with Crippen molar-refractivity contribution >= 4 is 10.9 Å². The molecule has 0 radical (unpaired) electrons. The fraction of sp³-hybridized carbons (Fsp3) is 0.182. The average molecular weight is 379 g/mol. The zero-order chi connectivity index (χ0) is 19.8. The smallest absolute Gasteiger partial charge is 0.248 e. The summed E-state index contributed by atoms with van der Waals surface area (Å²) in [4.78, 5) is 19.2. The molecule has 4 rings (SSSR count). The van der Waals surface area contributed by atoms with E-state index in [2.05, 4.69) is 18.8 Å². The van der Waals surface area contributed by atoms with Gasteiger partial charge >= 0.3 is 0 Å². The second-order valence-corrected chi connectivity index (χ2v) is 7.08. The van der Waals surface area contributed by atoms with Crippen molar-refractivity contribution in [1.29, 1.82) is 0 Å². The first kappa shape index (κ1) is 18.1. The molecule has 0 spiro atoms. The summed E-state index contributed by atoms with van der Waals surface area (Å²) in [6.07, 6.45) is 1.94. The van der Waals surface area contributed by atoms with E-state index < -0.39 is 17.2 Å². The van der Waals surface area contributed by atoms with Gasteiger partial charge in [0.15, 0.2) is 11.6 Å². The summed E-state index contributed by atoms with van der Waals surface area (Å²) in [5.41, 5.74) is 1.87.